The Labute approximate surface area is 171 Å². The minimum Gasteiger partial charge on any atom is -0.497 e. The maximum Gasteiger partial charge on any atom is 0.119 e. The number of likely N-dealkylation sites (N-methyl/N-ethyl adjacent to an activating group) is 1. The fourth-order valence-corrected chi connectivity index (χ4v) is 3.80. The van der Waals surface area contributed by atoms with E-state index >= 15 is 0 Å². The third kappa shape index (κ3) is 4.17. The van der Waals surface area contributed by atoms with E-state index < -0.39 is 6.10 Å². The zero-order chi connectivity index (χ0) is 20.3. The lowest BCUT2D eigenvalue weighted by Gasteiger charge is -2.30. The molecule has 150 valence electrons. The second kappa shape index (κ2) is 8.95. The number of nitrogens with zero attached hydrogens (tertiary/aromatic N) is 2. The van der Waals surface area contributed by atoms with Crippen molar-refractivity contribution < 1.29 is 9.84 Å². The van der Waals surface area contributed by atoms with E-state index in [1.54, 1.807) is 7.11 Å². The third-order valence-electron chi connectivity index (χ3n) is 5.38. The zero-order valence-corrected chi connectivity index (χ0v) is 17.6. The van der Waals surface area contributed by atoms with Gasteiger partial charge in [0.25, 0.3) is 0 Å². The summed E-state index contributed by atoms with van der Waals surface area (Å²) in [7, 11) is 1.65. The van der Waals surface area contributed by atoms with Crippen LogP contribution in [0.15, 0.2) is 36.4 Å². The summed E-state index contributed by atoms with van der Waals surface area (Å²) in [5.41, 5.74) is 2.60. The number of ether oxygens (including phenoxy) is 1. The number of halogens is 1. The maximum absolute atomic E-state index is 10.7. The van der Waals surface area contributed by atoms with E-state index in [9.17, 15) is 5.11 Å². The molecule has 0 bridgehead atoms. The molecule has 0 spiro atoms. The fraction of sp³-hybridized carbons (Fsp3) is 0.409. The first-order valence-corrected chi connectivity index (χ1v) is 10.1. The number of methoxy groups -OCH3 is 1. The van der Waals surface area contributed by atoms with Gasteiger partial charge in [0.15, 0.2) is 0 Å². The number of rotatable bonds is 8. The minimum absolute atomic E-state index is 0.0610. The van der Waals surface area contributed by atoms with E-state index in [0.29, 0.717) is 11.6 Å². The van der Waals surface area contributed by atoms with Crippen LogP contribution in [0.4, 0.5) is 5.69 Å². The highest BCUT2D eigenvalue weighted by molar-refractivity contribution is 6.31. The Morgan fingerprint density at radius 1 is 1.11 bits per heavy atom. The lowest BCUT2D eigenvalue weighted by atomic mass is 10.1. The summed E-state index contributed by atoms with van der Waals surface area (Å²) in [6, 6.07) is 11.6. The Hall–Kier alpha value is -2.08. The predicted octanol–water partition coefficient (Wildman–Crippen LogP) is 4.55. The molecule has 0 fully saturated rings. The van der Waals surface area contributed by atoms with E-state index in [0.717, 1.165) is 46.3 Å². The molecule has 6 heteroatoms. The number of aliphatic hydroxyl groups excluding tert-OH is 1. The average molecular weight is 402 g/mol. The van der Waals surface area contributed by atoms with Crippen molar-refractivity contribution in [2.75, 3.05) is 32.1 Å². The standard InChI is InChI=1S/C22H28ClN3O2/c1-5-26(6-2)14(3)21(27)13-24-22-17-9-7-15(23)11-20(17)25-19-10-8-16(28-4)12-18(19)22/h7-12,14,21,27H,5-6,13H2,1-4H3,(H,24,25). The van der Waals surface area contributed by atoms with Gasteiger partial charge < -0.3 is 15.2 Å². The van der Waals surface area contributed by atoms with Gasteiger partial charge in [-0.25, -0.2) is 4.98 Å². The SMILES string of the molecule is CCN(CC)C(C)C(O)CNc1c2ccc(Cl)cc2nc2ccc(OC)cc12. The Balaban J connectivity index is 2.01. The van der Waals surface area contributed by atoms with Crippen molar-refractivity contribution in [1.82, 2.24) is 9.88 Å². The number of aliphatic hydroxyl groups is 1. The van der Waals surface area contributed by atoms with Gasteiger partial charge in [0.2, 0.25) is 0 Å². The van der Waals surface area contributed by atoms with Gasteiger partial charge in [-0.15, -0.1) is 0 Å². The number of anilines is 1. The summed E-state index contributed by atoms with van der Waals surface area (Å²) in [6.07, 6.45) is -0.504. The number of pyridine rings is 1. The van der Waals surface area contributed by atoms with E-state index in [-0.39, 0.29) is 6.04 Å². The third-order valence-corrected chi connectivity index (χ3v) is 5.61. The van der Waals surface area contributed by atoms with Gasteiger partial charge in [0, 0.05) is 28.4 Å². The highest BCUT2D eigenvalue weighted by atomic mass is 35.5. The van der Waals surface area contributed by atoms with Crippen molar-refractivity contribution >= 4 is 39.1 Å². The van der Waals surface area contributed by atoms with Crippen molar-refractivity contribution in [3.8, 4) is 5.75 Å². The first kappa shape index (κ1) is 20.6. The summed E-state index contributed by atoms with van der Waals surface area (Å²) in [5, 5.41) is 16.8. The fourth-order valence-electron chi connectivity index (χ4n) is 3.63. The second-order valence-corrected chi connectivity index (χ2v) is 7.38. The molecule has 2 atom stereocenters. The predicted molar refractivity (Wildman–Crippen MR) is 118 cm³/mol. The van der Waals surface area contributed by atoms with Gasteiger partial charge in [0.05, 0.1) is 29.9 Å². The van der Waals surface area contributed by atoms with Crippen LogP contribution in [-0.4, -0.2) is 53.9 Å². The van der Waals surface area contributed by atoms with Crippen LogP contribution < -0.4 is 10.1 Å². The van der Waals surface area contributed by atoms with Crippen LogP contribution in [0.25, 0.3) is 21.8 Å². The molecule has 5 nitrogen and oxygen atoms in total. The summed E-state index contributed by atoms with van der Waals surface area (Å²) < 4.78 is 5.40. The van der Waals surface area contributed by atoms with Gasteiger partial charge in [-0.05, 0) is 56.4 Å². The number of benzene rings is 2. The van der Waals surface area contributed by atoms with Gasteiger partial charge in [-0.2, -0.15) is 0 Å². The lowest BCUT2D eigenvalue weighted by Crippen LogP contribution is -2.44. The lowest BCUT2D eigenvalue weighted by molar-refractivity contribution is 0.0731. The van der Waals surface area contributed by atoms with E-state index in [2.05, 4.69) is 31.0 Å². The molecule has 1 heterocycles. The molecule has 0 aliphatic rings. The molecule has 0 radical (unpaired) electrons. The van der Waals surface area contributed by atoms with Crippen LogP contribution in [0, 0.1) is 0 Å². The Morgan fingerprint density at radius 3 is 2.54 bits per heavy atom. The highest BCUT2D eigenvalue weighted by Gasteiger charge is 2.20. The smallest absolute Gasteiger partial charge is 0.119 e. The topological polar surface area (TPSA) is 57.6 Å². The molecule has 0 amide bonds. The second-order valence-electron chi connectivity index (χ2n) is 6.94. The van der Waals surface area contributed by atoms with Gasteiger partial charge in [-0.3, -0.25) is 4.90 Å². The number of nitrogens with one attached hydrogen (secondary N) is 1. The normalized spacial score (nSPS) is 13.8. The monoisotopic (exact) mass is 401 g/mol. The van der Waals surface area contributed by atoms with Gasteiger partial charge in [-0.1, -0.05) is 25.4 Å². The van der Waals surface area contributed by atoms with Crippen LogP contribution in [0.1, 0.15) is 20.8 Å². The minimum atomic E-state index is -0.504. The first-order valence-electron chi connectivity index (χ1n) is 9.71. The molecular formula is C22H28ClN3O2. The average Bonchev–Trinajstić information content (AvgIpc) is 2.71. The molecular weight excluding hydrogens is 374 g/mol. The van der Waals surface area contributed by atoms with Crippen LogP contribution in [0.2, 0.25) is 5.02 Å². The van der Waals surface area contributed by atoms with Crippen LogP contribution in [-0.2, 0) is 0 Å². The molecule has 3 aromatic rings. The summed E-state index contributed by atoms with van der Waals surface area (Å²) in [6.45, 7) is 8.54. The largest absolute Gasteiger partial charge is 0.497 e. The molecule has 0 aliphatic carbocycles. The van der Waals surface area contributed by atoms with Gasteiger partial charge >= 0.3 is 0 Å². The zero-order valence-electron chi connectivity index (χ0n) is 16.9. The molecule has 2 N–H and O–H groups in total. The molecule has 1 aromatic heterocycles. The summed E-state index contributed by atoms with van der Waals surface area (Å²) >= 11 is 6.18. The quantitative estimate of drug-likeness (QED) is 0.542. The van der Waals surface area contributed by atoms with Crippen molar-refractivity contribution in [2.24, 2.45) is 0 Å². The molecule has 0 saturated carbocycles. The Morgan fingerprint density at radius 2 is 1.86 bits per heavy atom. The number of hydrogen-bond acceptors (Lipinski definition) is 5. The number of fused-ring (bicyclic) bond motifs is 2. The van der Waals surface area contributed by atoms with Gasteiger partial charge in [0.1, 0.15) is 5.75 Å². The van der Waals surface area contributed by atoms with Crippen molar-refractivity contribution in [2.45, 2.75) is 32.9 Å². The molecule has 0 aliphatic heterocycles. The first-order chi connectivity index (χ1) is 13.5. The highest BCUT2D eigenvalue weighted by Crippen LogP contribution is 2.34. The summed E-state index contributed by atoms with van der Waals surface area (Å²) in [5.74, 6) is 0.766. The Bertz CT molecular complexity index is 959. The molecule has 28 heavy (non-hydrogen) atoms. The Kier molecular flexibility index (Phi) is 6.60. The van der Waals surface area contributed by atoms with Crippen LogP contribution in [0.3, 0.4) is 0 Å². The van der Waals surface area contributed by atoms with Crippen molar-refractivity contribution in [1.29, 1.82) is 0 Å². The van der Waals surface area contributed by atoms with Crippen LogP contribution >= 0.6 is 11.6 Å². The number of aromatic nitrogens is 1. The van der Waals surface area contributed by atoms with E-state index in [4.69, 9.17) is 21.3 Å². The molecule has 2 unspecified atom stereocenters. The van der Waals surface area contributed by atoms with E-state index in [1.807, 2.05) is 36.4 Å². The summed E-state index contributed by atoms with van der Waals surface area (Å²) in [4.78, 5) is 6.99. The molecule has 3 rings (SSSR count). The van der Waals surface area contributed by atoms with Crippen molar-refractivity contribution in [3.63, 3.8) is 0 Å². The van der Waals surface area contributed by atoms with Crippen LogP contribution in [0.5, 0.6) is 5.75 Å². The maximum atomic E-state index is 10.7. The number of hydrogen-bond donors (Lipinski definition) is 2. The molecule has 0 saturated heterocycles. The van der Waals surface area contributed by atoms with E-state index in [1.165, 1.54) is 0 Å². The van der Waals surface area contributed by atoms with Crippen molar-refractivity contribution in [3.05, 3.63) is 41.4 Å². The molecule has 2 aromatic carbocycles.